The first kappa shape index (κ1) is 29.7. The average Bonchev–Trinajstić information content (AvgIpc) is 2.80. The number of nitrogens with zero attached hydrogens (tertiary/aromatic N) is 2. The van der Waals surface area contributed by atoms with Crippen molar-refractivity contribution in [3.05, 3.63) is 64.7 Å². The monoisotopic (exact) mass is 651 g/mol. The standard InChI is InChI=1S/C20H27P.C7H12N2O2.Au/c1-19(2,3)21(20(4,5)6)18-15-11-10-14-17(18)16-12-8-7-9-13-16;1-6(2)7(3,4)9(11)5-8(6)10;/h7-15H,1-6H3;1-4H3;/q;;+1. The summed E-state index contributed by atoms with van der Waals surface area (Å²) in [6, 6.07) is 19.7. The summed E-state index contributed by atoms with van der Waals surface area (Å²) in [7, 11) is -0.282. The normalized spacial score (nSPS) is 17.1. The molecule has 3 rings (SSSR count). The van der Waals surface area contributed by atoms with Crippen LogP contribution in [0.2, 0.25) is 0 Å². The third kappa shape index (κ3) is 6.42. The number of hydroxylamine groups is 1. The number of rotatable bonds is 2. The van der Waals surface area contributed by atoms with Crippen molar-refractivity contribution >= 4 is 19.6 Å². The predicted octanol–water partition coefficient (Wildman–Crippen LogP) is 6.81. The third-order valence-electron chi connectivity index (χ3n) is 6.27. The van der Waals surface area contributed by atoms with Crippen molar-refractivity contribution in [1.29, 1.82) is 0 Å². The Balaban J connectivity index is 0.000000385. The van der Waals surface area contributed by atoms with E-state index >= 15 is 0 Å². The molecule has 4 nitrogen and oxygen atoms in total. The van der Waals surface area contributed by atoms with Crippen molar-refractivity contribution in [1.82, 2.24) is 0 Å². The van der Waals surface area contributed by atoms with Gasteiger partial charge in [-0.2, -0.15) is 0 Å². The van der Waals surface area contributed by atoms with Crippen molar-refractivity contribution in [2.75, 3.05) is 0 Å². The van der Waals surface area contributed by atoms with E-state index in [9.17, 15) is 10.1 Å². The summed E-state index contributed by atoms with van der Waals surface area (Å²) in [4.78, 5) is 11.1. The van der Waals surface area contributed by atoms with Crippen LogP contribution in [0.4, 0.5) is 0 Å². The van der Waals surface area contributed by atoms with Gasteiger partial charge in [0.15, 0.2) is 6.34 Å². The molecule has 1 heterocycles. The van der Waals surface area contributed by atoms with Crippen LogP contribution in [-0.2, 0) is 22.4 Å². The summed E-state index contributed by atoms with van der Waals surface area (Å²) in [5, 5.41) is 13.2. The Bertz CT molecular complexity index is 973. The first-order chi connectivity index (χ1) is 14.5. The second kappa shape index (κ2) is 10.5. The van der Waals surface area contributed by atoms with Crippen molar-refractivity contribution < 1.29 is 31.9 Å². The van der Waals surface area contributed by atoms with Gasteiger partial charge in [-0.05, 0) is 31.7 Å². The molecule has 33 heavy (non-hydrogen) atoms. The van der Waals surface area contributed by atoms with Gasteiger partial charge in [0.2, 0.25) is 11.1 Å². The SMILES string of the molecule is CC(C)(C)P(c1ccccc1-c1ccccc1)C(C)(C)C.CC1(C)[N+](=O)[C-]=[N+]([O-])C1(C)C.[Au+]. The van der Waals surface area contributed by atoms with E-state index in [0.29, 0.717) is 19.8 Å². The Morgan fingerprint density at radius 3 is 1.61 bits per heavy atom. The van der Waals surface area contributed by atoms with Crippen LogP contribution in [0.15, 0.2) is 54.6 Å². The maximum Gasteiger partial charge on any atom is 1.00 e. The molecule has 2 aromatic rings. The molecule has 0 bridgehead atoms. The Morgan fingerprint density at radius 1 is 0.788 bits per heavy atom. The molecule has 0 fully saturated rings. The van der Waals surface area contributed by atoms with Gasteiger partial charge in [0.05, 0.1) is 0 Å². The van der Waals surface area contributed by atoms with Crippen molar-refractivity contribution in [2.45, 2.75) is 90.6 Å². The van der Waals surface area contributed by atoms with Gasteiger partial charge in [0.1, 0.15) is 0 Å². The minimum atomic E-state index is -0.700. The van der Waals surface area contributed by atoms with Crippen molar-refractivity contribution in [3.63, 3.8) is 0 Å². The Morgan fingerprint density at radius 2 is 1.24 bits per heavy atom. The van der Waals surface area contributed by atoms with E-state index < -0.39 is 11.1 Å². The van der Waals surface area contributed by atoms with E-state index in [4.69, 9.17) is 0 Å². The fraction of sp³-hybridized carbons (Fsp3) is 0.519. The van der Waals surface area contributed by atoms with Gasteiger partial charge in [0, 0.05) is 27.7 Å². The molecule has 6 heteroatoms. The molecule has 0 aliphatic carbocycles. The second-order valence-electron chi connectivity index (χ2n) is 11.4. The van der Waals surface area contributed by atoms with Crippen LogP contribution in [0.3, 0.4) is 0 Å². The van der Waals surface area contributed by atoms with Gasteiger partial charge in [0.25, 0.3) is 0 Å². The van der Waals surface area contributed by atoms with E-state index in [0.717, 1.165) is 0 Å². The molecule has 0 unspecified atom stereocenters. The minimum Gasteiger partial charge on any atom is -0.650 e. The molecule has 1 aliphatic heterocycles. The Hall–Kier alpha value is -1.32. The van der Waals surface area contributed by atoms with Crippen LogP contribution >= 0.6 is 7.92 Å². The zero-order valence-electron chi connectivity index (χ0n) is 21.7. The quantitative estimate of drug-likeness (QED) is 0.118. The molecule has 0 saturated heterocycles. The number of benzene rings is 2. The molecule has 0 saturated carbocycles. The number of hydrogen-bond acceptors (Lipinski definition) is 2. The van der Waals surface area contributed by atoms with Gasteiger partial charge in [-0.25, -0.2) is 0 Å². The average molecular weight is 652 g/mol. The molecular formula is C27H39AuN2O2P+. The van der Waals surface area contributed by atoms with E-state index in [1.807, 2.05) is 0 Å². The maximum absolute atomic E-state index is 11.1. The summed E-state index contributed by atoms with van der Waals surface area (Å²) in [6.45, 7) is 21.2. The fourth-order valence-corrected chi connectivity index (χ4v) is 8.23. The molecular weight excluding hydrogens is 612 g/mol. The number of nitroso groups, excluding NO2 is 1. The Kier molecular flexibility index (Phi) is 9.47. The van der Waals surface area contributed by atoms with Crippen LogP contribution in [0, 0.1) is 10.1 Å². The van der Waals surface area contributed by atoms with E-state index in [1.54, 1.807) is 27.7 Å². The van der Waals surface area contributed by atoms with Crippen molar-refractivity contribution in [2.24, 2.45) is 0 Å². The molecule has 0 N–H and O–H groups in total. The van der Waals surface area contributed by atoms with E-state index in [2.05, 4.69) is 102 Å². The summed E-state index contributed by atoms with van der Waals surface area (Å²) >= 11 is 0. The zero-order valence-corrected chi connectivity index (χ0v) is 24.7. The zero-order chi connectivity index (χ0) is 24.5. The van der Waals surface area contributed by atoms with Gasteiger partial charge >= 0.3 is 22.4 Å². The van der Waals surface area contributed by atoms with Crippen LogP contribution in [-0.4, -0.2) is 37.2 Å². The molecule has 0 atom stereocenters. The van der Waals surface area contributed by atoms with Crippen LogP contribution in [0.1, 0.15) is 69.2 Å². The predicted molar refractivity (Wildman–Crippen MR) is 138 cm³/mol. The molecule has 184 valence electrons. The minimum absolute atomic E-state index is 0. The maximum atomic E-state index is 11.1. The molecule has 0 aromatic heterocycles. The topological polar surface area (TPSA) is 46.1 Å². The third-order valence-corrected chi connectivity index (χ3v) is 9.82. The summed E-state index contributed by atoms with van der Waals surface area (Å²) in [6.07, 6.45) is 2.15. The fourth-order valence-electron chi connectivity index (χ4n) is 4.09. The largest absolute Gasteiger partial charge is 1.00 e. The second-order valence-corrected chi connectivity index (χ2v) is 15.2. The van der Waals surface area contributed by atoms with Crippen LogP contribution in [0.25, 0.3) is 11.1 Å². The van der Waals surface area contributed by atoms with Gasteiger partial charge in [-0.15, -0.1) is 0 Å². The smallest absolute Gasteiger partial charge is 0.650 e. The summed E-state index contributed by atoms with van der Waals surface area (Å²) < 4.78 is 1.17. The first-order valence-electron chi connectivity index (χ1n) is 11.2. The van der Waals surface area contributed by atoms with Crippen LogP contribution < -0.4 is 5.30 Å². The van der Waals surface area contributed by atoms with Gasteiger partial charge < -0.3 is 9.95 Å². The first-order valence-corrected chi connectivity index (χ1v) is 12.5. The Labute approximate surface area is 217 Å². The molecule has 0 amide bonds. The molecule has 1 aliphatic rings. The van der Waals surface area contributed by atoms with E-state index in [1.165, 1.54) is 16.4 Å². The molecule has 2 aromatic carbocycles. The van der Waals surface area contributed by atoms with Gasteiger partial charge in [-0.1, -0.05) is 109 Å². The molecule has 0 spiro atoms. The molecule has 0 radical (unpaired) electrons. The van der Waals surface area contributed by atoms with Crippen molar-refractivity contribution in [3.8, 4) is 11.1 Å². The summed E-state index contributed by atoms with van der Waals surface area (Å²) in [5.74, 6) is 0. The number of hydrogen-bond donors (Lipinski definition) is 0. The van der Waals surface area contributed by atoms with Gasteiger partial charge in [-0.3, -0.25) is 0 Å². The van der Waals surface area contributed by atoms with E-state index in [-0.39, 0.29) is 30.3 Å². The summed E-state index contributed by atoms with van der Waals surface area (Å²) in [5.41, 5.74) is 1.33. The van der Waals surface area contributed by atoms with Crippen LogP contribution in [0.5, 0.6) is 0 Å².